The largest absolute Gasteiger partial charge is 0.468 e. The number of hydrogen-bond acceptors (Lipinski definition) is 6. The molecule has 0 spiro atoms. The van der Waals surface area contributed by atoms with Crippen molar-refractivity contribution in [2.45, 2.75) is 25.1 Å². The van der Waals surface area contributed by atoms with Crippen molar-refractivity contribution in [2.24, 2.45) is 0 Å². The van der Waals surface area contributed by atoms with Gasteiger partial charge in [-0.1, -0.05) is 0 Å². The van der Waals surface area contributed by atoms with Crippen molar-refractivity contribution in [2.75, 3.05) is 30.4 Å². The molecule has 1 fully saturated rings. The summed E-state index contributed by atoms with van der Waals surface area (Å²) in [7, 11) is 1.95. The van der Waals surface area contributed by atoms with Crippen LogP contribution in [0.5, 0.6) is 0 Å². The van der Waals surface area contributed by atoms with E-state index in [0.29, 0.717) is 18.0 Å². The van der Waals surface area contributed by atoms with Crippen LogP contribution in [0.4, 0.5) is 24.7 Å². The molecule has 2 aromatic rings. The van der Waals surface area contributed by atoms with E-state index in [1.54, 1.807) is 12.1 Å². The molecule has 1 aliphatic rings. The van der Waals surface area contributed by atoms with Crippen molar-refractivity contribution in [3.63, 3.8) is 0 Å². The van der Waals surface area contributed by atoms with Gasteiger partial charge in [0, 0.05) is 19.1 Å². The quantitative estimate of drug-likeness (QED) is 0.862. The van der Waals surface area contributed by atoms with E-state index in [0.717, 1.165) is 31.7 Å². The highest BCUT2D eigenvalue weighted by atomic mass is 19.4. The number of oxazole rings is 1. The molecule has 3 heterocycles. The molecule has 26 heavy (non-hydrogen) atoms. The van der Waals surface area contributed by atoms with Gasteiger partial charge in [-0.2, -0.15) is 13.2 Å². The lowest BCUT2D eigenvalue weighted by molar-refractivity contribution is -0.157. The van der Waals surface area contributed by atoms with Gasteiger partial charge in [0.2, 0.25) is 0 Å². The molecule has 2 aromatic heterocycles. The first-order valence-corrected chi connectivity index (χ1v) is 8.09. The molecule has 1 amide bonds. The Labute approximate surface area is 147 Å². The minimum atomic E-state index is -4.73. The number of piperidine rings is 1. The predicted molar refractivity (Wildman–Crippen MR) is 88.0 cm³/mol. The van der Waals surface area contributed by atoms with Crippen molar-refractivity contribution in [3.05, 3.63) is 36.2 Å². The van der Waals surface area contributed by atoms with Crippen molar-refractivity contribution in [3.8, 4) is 0 Å². The summed E-state index contributed by atoms with van der Waals surface area (Å²) in [6.07, 6.45) is -0.564. The molecule has 140 valence electrons. The Morgan fingerprint density at radius 1 is 1.31 bits per heavy atom. The monoisotopic (exact) mass is 369 g/mol. The lowest BCUT2D eigenvalue weighted by Crippen LogP contribution is -2.41. The number of aromatic nitrogens is 2. The first kappa shape index (κ1) is 18.2. The second kappa shape index (κ2) is 7.32. The van der Waals surface area contributed by atoms with Crippen molar-refractivity contribution < 1.29 is 22.4 Å². The van der Waals surface area contributed by atoms with Gasteiger partial charge in [0.05, 0.1) is 11.9 Å². The van der Waals surface area contributed by atoms with Crippen LogP contribution >= 0.6 is 0 Å². The van der Waals surface area contributed by atoms with Crippen molar-refractivity contribution >= 4 is 17.4 Å². The molecule has 0 atom stereocenters. The summed E-state index contributed by atoms with van der Waals surface area (Å²) in [5.74, 6) is -1.46. The molecule has 2 N–H and O–H groups in total. The summed E-state index contributed by atoms with van der Waals surface area (Å²) in [4.78, 5) is 21.6. The van der Waals surface area contributed by atoms with Crippen LogP contribution in [0, 0.1) is 0 Å². The molecule has 3 rings (SSSR count). The molecule has 0 bridgehead atoms. The van der Waals surface area contributed by atoms with Gasteiger partial charge >= 0.3 is 12.1 Å². The van der Waals surface area contributed by atoms with Gasteiger partial charge in [-0.05, 0) is 32.0 Å². The summed E-state index contributed by atoms with van der Waals surface area (Å²) < 4.78 is 41.6. The molecule has 0 unspecified atom stereocenters. The van der Waals surface area contributed by atoms with E-state index >= 15 is 0 Å². The number of carbonyl (C=O) groups excluding carboxylic acids is 1. The number of hydrogen-bond donors (Lipinski definition) is 2. The number of nitrogens with zero attached hydrogens (tertiary/aromatic N) is 3. The number of anilines is 2. The van der Waals surface area contributed by atoms with Crippen molar-refractivity contribution in [1.82, 2.24) is 15.3 Å². The Morgan fingerprint density at radius 2 is 2.04 bits per heavy atom. The lowest BCUT2D eigenvalue weighted by Gasteiger charge is -2.32. The maximum atomic E-state index is 12.5. The van der Waals surface area contributed by atoms with Gasteiger partial charge in [-0.3, -0.25) is 4.79 Å². The Hall–Kier alpha value is -2.62. The normalized spacial score (nSPS) is 15.9. The highest BCUT2D eigenvalue weighted by Crippen LogP contribution is 2.28. The fourth-order valence-corrected chi connectivity index (χ4v) is 2.75. The van der Waals surface area contributed by atoms with E-state index in [9.17, 15) is 18.0 Å². The number of amides is 1. The Morgan fingerprint density at radius 3 is 2.58 bits per heavy atom. The fraction of sp³-hybridized carbons (Fsp3) is 0.438. The van der Waals surface area contributed by atoms with Crippen LogP contribution in [0.2, 0.25) is 0 Å². The van der Waals surface area contributed by atoms with Crippen LogP contribution < -0.4 is 15.5 Å². The minimum absolute atomic E-state index is 0.361. The highest BCUT2D eigenvalue weighted by Gasteiger charge is 2.37. The van der Waals surface area contributed by atoms with Crippen LogP contribution in [0.15, 0.2) is 29.0 Å². The van der Waals surface area contributed by atoms with E-state index in [-0.39, 0.29) is 0 Å². The summed E-state index contributed by atoms with van der Waals surface area (Å²) in [5, 5.41) is 5.70. The summed E-state index contributed by atoms with van der Waals surface area (Å²) >= 11 is 0. The summed E-state index contributed by atoms with van der Waals surface area (Å²) in [6, 6.07) is 3.92. The zero-order valence-electron chi connectivity index (χ0n) is 14.0. The predicted octanol–water partition coefficient (Wildman–Crippen LogP) is 2.53. The van der Waals surface area contributed by atoms with E-state index in [1.807, 2.05) is 7.05 Å². The number of carbonyl (C=O) groups is 1. The van der Waals surface area contributed by atoms with Gasteiger partial charge in [0.1, 0.15) is 12.1 Å². The second-order valence-electron chi connectivity index (χ2n) is 5.94. The number of pyridine rings is 1. The third-order valence-corrected chi connectivity index (χ3v) is 4.21. The van der Waals surface area contributed by atoms with Crippen LogP contribution in [0.3, 0.4) is 0 Å². The maximum Gasteiger partial charge on any atom is 0.468 e. The van der Waals surface area contributed by atoms with E-state index in [1.165, 1.54) is 6.20 Å². The molecular weight excluding hydrogens is 351 g/mol. The van der Waals surface area contributed by atoms with Crippen LogP contribution in [0.1, 0.15) is 29.2 Å². The third kappa shape index (κ3) is 4.13. The van der Waals surface area contributed by atoms with E-state index in [2.05, 4.69) is 29.9 Å². The standard InChI is InChI=1S/C16H18F3N5O2/c1-20-10-4-6-24(7-5-10)13-3-2-11(8-21-13)22-14(25)12-9-26-15(23-12)16(17,18)19/h2-3,8-10,20H,4-7H2,1H3,(H,22,25). The zero-order valence-corrected chi connectivity index (χ0v) is 14.0. The number of alkyl halides is 3. The molecule has 1 saturated heterocycles. The summed E-state index contributed by atoms with van der Waals surface area (Å²) in [5.41, 5.74) is -0.0871. The topological polar surface area (TPSA) is 83.3 Å². The average molecular weight is 369 g/mol. The highest BCUT2D eigenvalue weighted by molar-refractivity contribution is 6.02. The molecule has 1 aliphatic heterocycles. The van der Waals surface area contributed by atoms with Gasteiger partial charge in [-0.25, -0.2) is 9.97 Å². The first-order chi connectivity index (χ1) is 12.4. The average Bonchev–Trinajstić information content (AvgIpc) is 3.13. The molecule has 0 aliphatic carbocycles. The molecule has 7 nitrogen and oxygen atoms in total. The van der Waals surface area contributed by atoms with E-state index < -0.39 is 23.7 Å². The summed E-state index contributed by atoms with van der Waals surface area (Å²) in [6.45, 7) is 1.76. The third-order valence-electron chi connectivity index (χ3n) is 4.21. The van der Waals surface area contributed by atoms with Crippen LogP contribution in [0.25, 0.3) is 0 Å². The molecule has 10 heteroatoms. The molecule has 0 saturated carbocycles. The second-order valence-corrected chi connectivity index (χ2v) is 5.94. The van der Waals surface area contributed by atoms with Crippen LogP contribution in [-0.2, 0) is 6.18 Å². The fourth-order valence-electron chi connectivity index (χ4n) is 2.75. The first-order valence-electron chi connectivity index (χ1n) is 8.09. The lowest BCUT2D eigenvalue weighted by atomic mass is 10.1. The van der Waals surface area contributed by atoms with Gasteiger partial charge in [0.25, 0.3) is 5.91 Å². The van der Waals surface area contributed by atoms with Gasteiger partial charge < -0.3 is 20.0 Å². The number of halogens is 3. The molecular formula is C16H18F3N5O2. The van der Waals surface area contributed by atoms with Gasteiger partial charge in [0.15, 0.2) is 5.69 Å². The zero-order chi connectivity index (χ0) is 18.7. The number of nitrogens with one attached hydrogen (secondary N) is 2. The Balaban J connectivity index is 1.60. The molecule has 0 radical (unpaired) electrons. The van der Waals surface area contributed by atoms with Crippen LogP contribution in [-0.4, -0.2) is 42.1 Å². The number of rotatable bonds is 4. The van der Waals surface area contributed by atoms with Gasteiger partial charge in [-0.15, -0.1) is 0 Å². The SMILES string of the molecule is CNC1CCN(c2ccc(NC(=O)c3coc(C(F)(F)F)n3)cn2)CC1. The minimum Gasteiger partial charge on any atom is -0.441 e. The maximum absolute atomic E-state index is 12.5. The molecule has 0 aromatic carbocycles. The van der Waals surface area contributed by atoms with Crippen molar-refractivity contribution in [1.29, 1.82) is 0 Å². The Kier molecular flexibility index (Phi) is 5.12. The van der Waals surface area contributed by atoms with E-state index in [4.69, 9.17) is 0 Å². The smallest absolute Gasteiger partial charge is 0.441 e. The Bertz CT molecular complexity index is 752.